The molecule has 2 unspecified atom stereocenters. The van der Waals surface area contributed by atoms with Gasteiger partial charge in [0.1, 0.15) is 6.04 Å². The van der Waals surface area contributed by atoms with Gasteiger partial charge in [-0.05, 0) is 12.1 Å². The number of amides is 1. The first-order valence-corrected chi connectivity index (χ1v) is 7.69. The highest BCUT2D eigenvalue weighted by Crippen LogP contribution is 2.21. The highest BCUT2D eigenvalue weighted by atomic mass is 16.5. The number of carbonyl (C=O) groups is 1. The zero-order valence-electron chi connectivity index (χ0n) is 12.5. The summed E-state index contributed by atoms with van der Waals surface area (Å²) in [5.41, 5.74) is 1.03. The van der Waals surface area contributed by atoms with Gasteiger partial charge in [-0.15, -0.1) is 0 Å². The number of hydrogen-bond acceptors (Lipinski definition) is 4. The summed E-state index contributed by atoms with van der Waals surface area (Å²) in [6.07, 6.45) is 0.124. The van der Waals surface area contributed by atoms with E-state index in [0.717, 1.165) is 31.8 Å². The molecular weight excluding hydrogens is 266 g/mol. The van der Waals surface area contributed by atoms with Crippen molar-refractivity contribution in [2.24, 2.45) is 0 Å². The molecule has 114 valence electrons. The second kappa shape index (κ2) is 6.56. The number of morpholine rings is 1. The summed E-state index contributed by atoms with van der Waals surface area (Å²) in [6.45, 7) is 7.14. The lowest BCUT2D eigenvalue weighted by Crippen LogP contribution is -2.48. The van der Waals surface area contributed by atoms with Crippen LogP contribution in [-0.4, -0.2) is 61.3 Å². The van der Waals surface area contributed by atoms with Crippen LogP contribution < -0.4 is 5.32 Å². The molecule has 0 radical (unpaired) electrons. The van der Waals surface area contributed by atoms with Gasteiger partial charge in [0.15, 0.2) is 0 Å². The number of nitrogens with zero attached hydrogens (tertiary/aromatic N) is 2. The zero-order chi connectivity index (χ0) is 14.7. The van der Waals surface area contributed by atoms with Crippen molar-refractivity contribution < 1.29 is 9.53 Å². The minimum absolute atomic E-state index is 0.124. The third-order valence-electron chi connectivity index (χ3n) is 4.27. The maximum atomic E-state index is 12.5. The molecule has 0 saturated carbocycles. The van der Waals surface area contributed by atoms with Gasteiger partial charge in [0.2, 0.25) is 5.91 Å². The average Bonchev–Trinajstić information content (AvgIpc) is 2.89. The summed E-state index contributed by atoms with van der Waals surface area (Å²) in [4.78, 5) is 16.8. The van der Waals surface area contributed by atoms with E-state index in [1.54, 1.807) is 0 Å². The molecule has 2 heterocycles. The lowest BCUT2D eigenvalue weighted by molar-refractivity contribution is -0.132. The molecule has 2 atom stereocenters. The topological polar surface area (TPSA) is 44.8 Å². The Morgan fingerprint density at radius 3 is 2.90 bits per heavy atom. The molecule has 2 aliphatic heterocycles. The van der Waals surface area contributed by atoms with Crippen molar-refractivity contribution in [1.82, 2.24) is 15.1 Å². The fourth-order valence-electron chi connectivity index (χ4n) is 3.03. The Balaban J connectivity index is 1.59. The summed E-state index contributed by atoms with van der Waals surface area (Å²) in [5.74, 6) is 0.151. The van der Waals surface area contributed by atoms with E-state index >= 15 is 0 Å². The molecule has 2 aliphatic rings. The standard InChI is InChI=1S/C16H23N3O2/c1-2-18-8-9-21-14(10-18)11-19-12-17-15(16(19)20)13-6-4-3-5-7-13/h3-7,14-15,17H,2,8-12H2,1H3. The molecule has 3 rings (SSSR count). The van der Waals surface area contributed by atoms with Crippen molar-refractivity contribution in [2.45, 2.75) is 19.1 Å². The van der Waals surface area contributed by atoms with E-state index in [1.165, 1.54) is 0 Å². The van der Waals surface area contributed by atoms with Gasteiger partial charge in [0.25, 0.3) is 0 Å². The molecular formula is C16H23N3O2. The fourth-order valence-corrected chi connectivity index (χ4v) is 3.03. The number of benzene rings is 1. The van der Waals surface area contributed by atoms with Crippen LogP contribution in [0.4, 0.5) is 0 Å². The molecule has 21 heavy (non-hydrogen) atoms. The smallest absolute Gasteiger partial charge is 0.245 e. The highest BCUT2D eigenvalue weighted by molar-refractivity contribution is 5.85. The van der Waals surface area contributed by atoms with Crippen molar-refractivity contribution >= 4 is 5.91 Å². The lowest BCUT2D eigenvalue weighted by atomic mass is 10.1. The van der Waals surface area contributed by atoms with Crippen LogP contribution in [-0.2, 0) is 9.53 Å². The van der Waals surface area contributed by atoms with Crippen LogP contribution in [0.5, 0.6) is 0 Å². The Kier molecular flexibility index (Phi) is 4.53. The predicted octanol–water partition coefficient (Wildman–Crippen LogP) is 0.838. The highest BCUT2D eigenvalue weighted by Gasteiger charge is 2.34. The van der Waals surface area contributed by atoms with Gasteiger partial charge in [0.05, 0.1) is 19.4 Å². The second-order valence-electron chi connectivity index (χ2n) is 5.65. The predicted molar refractivity (Wildman–Crippen MR) is 80.8 cm³/mol. The van der Waals surface area contributed by atoms with Crippen molar-refractivity contribution in [2.75, 3.05) is 39.5 Å². The van der Waals surface area contributed by atoms with Crippen molar-refractivity contribution in [1.29, 1.82) is 0 Å². The molecule has 2 fully saturated rings. The molecule has 5 heteroatoms. The fraction of sp³-hybridized carbons (Fsp3) is 0.562. The Bertz CT molecular complexity index is 480. The van der Waals surface area contributed by atoms with E-state index in [-0.39, 0.29) is 18.1 Å². The van der Waals surface area contributed by atoms with Crippen molar-refractivity contribution in [3.8, 4) is 0 Å². The lowest BCUT2D eigenvalue weighted by Gasteiger charge is -2.34. The first-order valence-electron chi connectivity index (χ1n) is 7.69. The van der Waals surface area contributed by atoms with Gasteiger partial charge in [-0.25, -0.2) is 0 Å². The van der Waals surface area contributed by atoms with E-state index in [9.17, 15) is 4.79 Å². The van der Waals surface area contributed by atoms with E-state index in [0.29, 0.717) is 13.2 Å². The number of rotatable bonds is 4. The summed E-state index contributed by atoms with van der Waals surface area (Å²) < 4.78 is 5.80. The summed E-state index contributed by atoms with van der Waals surface area (Å²) in [5, 5.41) is 3.29. The normalized spacial score (nSPS) is 27.3. The molecule has 1 amide bonds. The van der Waals surface area contributed by atoms with Gasteiger partial charge in [0, 0.05) is 19.6 Å². The van der Waals surface area contributed by atoms with Gasteiger partial charge >= 0.3 is 0 Å². The third-order valence-corrected chi connectivity index (χ3v) is 4.27. The molecule has 1 aromatic rings. The van der Waals surface area contributed by atoms with Crippen LogP contribution in [0.1, 0.15) is 18.5 Å². The Morgan fingerprint density at radius 2 is 2.14 bits per heavy atom. The van der Waals surface area contributed by atoms with Crippen LogP contribution >= 0.6 is 0 Å². The maximum Gasteiger partial charge on any atom is 0.245 e. The summed E-state index contributed by atoms with van der Waals surface area (Å²) >= 11 is 0. The number of nitrogens with one attached hydrogen (secondary N) is 1. The first kappa shape index (κ1) is 14.5. The third kappa shape index (κ3) is 3.26. The van der Waals surface area contributed by atoms with Crippen LogP contribution in [0.2, 0.25) is 0 Å². The van der Waals surface area contributed by atoms with E-state index in [2.05, 4.69) is 17.1 Å². The summed E-state index contributed by atoms with van der Waals surface area (Å²) in [7, 11) is 0. The monoisotopic (exact) mass is 289 g/mol. The average molecular weight is 289 g/mol. The first-order chi connectivity index (χ1) is 10.3. The van der Waals surface area contributed by atoms with E-state index in [4.69, 9.17) is 4.74 Å². The summed E-state index contributed by atoms with van der Waals surface area (Å²) in [6, 6.07) is 9.68. The van der Waals surface area contributed by atoms with Crippen LogP contribution in [0.3, 0.4) is 0 Å². The minimum Gasteiger partial charge on any atom is -0.374 e. The number of ether oxygens (including phenoxy) is 1. The SMILES string of the molecule is CCN1CCOC(CN2CNC(c3ccccc3)C2=O)C1. The largest absolute Gasteiger partial charge is 0.374 e. The van der Waals surface area contributed by atoms with Gasteiger partial charge < -0.3 is 9.64 Å². The molecule has 5 nitrogen and oxygen atoms in total. The van der Waals surface area contributed by atoms with Crippen LogP contribution in [0.25, 0.3) is 0 Å². The maximum absolute atomic E-state index is 12.5. The van der Waals surface area contributed by atoms with E-state index < -0.39 is 0 Å². The minimum atomic E-state index is -0.211. The van der Waals surface area contributed by atoms with E-state index in [1.807, 2.05) is 35.2 Å². The number of carbonyl (C=O) groups excluding carboxylic acids is 1. The molecule has 2 saturated heterocycles. The number of hydrogen-bond donors (Lipinski definition) is 1. The van der Waals surface area contributed by atoms with Crippen molar-refractivity contribution in [3.63, 3.8) is 0 Å². The number of likely N-dealkylation sites (N-methyl/N-ethyl adjacent to an activating group) is 1. The molecule has 1 N–H and O–H groups in total. The van der Waals surface area contributed by atoms with Gasteiger partial charge in [-0.2, -0.15) is 0 Å². The molecule has 0 aliphatic carbocycles. The Labute approximate surface area is 125 Å². The van der Waals surface area contributed by atoms with Crippen LogP contribution in [0, 0.1) is 0 Å². The molecule has 0 bridgehead atoms. The molecule has 0 aromatic heterocycles. The van der Waals surface area contributed by atoms with Crippen LogP contribution in [0.15, 0.2) is 30.3 Å². The van der Waals surface area contributed by atoms with Gasteiger partial charge in [-0.1, -0.05) is 37.3 Å². The molecule has 1 aromatic carbocycles. The quantitative estimate of drug-likeness (QED) is 0.892. The Morgan fingerprint density at radius 1 is 1.33 bits per heavy atom. The molecule has 0 spiro atoms. The zero-order valence-corrected chi connectivity index (χ0v) is 12.5. The second-order valence-corrected chi connectivity index (χ2v) is 5.65. The Hall–Kier alpha value is -1.43. The van der Waals surface area contributed by atoms with Crippen molar-refractivity contribution in [3.05, 3.63) is 35.9 Å². The van der Waals surface area contributed by atoms with Gasteiger partial charge in [-0.3, -0.25) is 15.0 Å².